The number of aromatic amines is 1. The number of aromatic nitrogens is 5. The monoisotopic (exact) mass is 386 g/mol. The molecule has 3 rings (SSSR count). The average Bonchev–Trinajstić information content (AvgIpc) is 3.18. The van der Waals surface area contributed by atoms with Crippen LogP contribution in [0.5, 0.6) is 0 Å². The van der Waals surface area contributed by atoms with Gasteiger partial charge in [0.15, 0.2) is 0 Å². The number of rotatable bonds is 4. The van der Waals surface area contributed by atoms with Crippen molar-refractivity contribution in [2.24, 2.45) is 0 Å². The van der Waals surface area contributed by atoms with E-state index in [9.17, 15) is 13.2 Å². The standard InChI is InChI=1S/C12H8Cl2N6O3S/c13-9-5-10(16-11(9)14)12(21)17-24(22,23)8-3-1-2-7(4-8)20-6-15-18-19-20/h1-6,16H,(H,17,21). The van der Waals surface area contributed by atoms with Crippen LogP contribution in [0.4, 0.5) is 0 Å². The van der Waals surface area contributed by atoms with Crippen LogP contribution in [0.2, 0.25) is 10.2 Å². The Hall–Kier alpha value is -2.43. The number of hydrogen-bond donors (Lipinski definition) is 2. The molecule has 0 atom stereocenters. The van der Waals surface area contributed by atoms with Crippen molar-refractivity contribution >= 4 is 39.1 Å². The van der Waals surface area contributed by atoms with Crippen molar-refractivity contribution in [1.82, 2.24) is 29.9 Å². The van der Waals surface area contributed by atoms with Gasteiger partial charge in [-0.05, 0) is 34.7 Å². The fraction of sp³-hybridized carbons (Fsp3) is 0. The quantitative estimate of drug-likeness (QED) is 0.698. The van der Waals surface area contributed by atoms with Crippen LogP contribution in [-0.4, -0.2) is 39.5 Å². The summed E-state index contributed by atoms with van der Waals surface area (Å²) in [5.74, 6) is -0.892. The average molecular weight is 387 g/mol. The minimum Gasteiger partial charge on any atom is -0.340 e. The van der Waals surface area contributed by atoms with E-state index >= 15 is 0 Å². The number of carbonyl (C=O) groups excluding carboxylic acids is 1. The van der Waals surface area contributed by atoms with Crippen LogP contribution in [0.15, 0.2) is 41.6 Å². The van der Waals surface area contributed by atoms with E-state index in [4.69, 9.17) is 23.2 Å². The van der Waals surface area contributed by atoms with E-state index in [1.54, 1.807) is 6.07 Å². The van der Waals surface area contributed by atoms with E-state index in [1.165, 1.54) is 35.3 Å². The number of halogens is 2. The molecule has 0 bridgehead atoms. The molecule has 0 aliphatic heterocycles. The van der Waals surface area contributed by atoms with Crippen LogP contribution in [0.1, 0.15) is 10.5 Å². The van der Waals surface area contributed by atoms with Crippen molar-refractivity contribution < 1.29 is 13.2 Å². The van der Waals surface area contributed by atoms with E-state index in [0.29, 0.717) is 5.69 Å². The summed E-state index contributed by atoms with van der Waals surface area (Å²) in [6.07, 6.45) is 1.31. The first kappa shape index (κ1) is 16.4. The maximum atomic E-state index is 12.4. The number of benzene rings is 1. The number of nitrogens with zero attached hydrogens (tertiary/aromatic N) is 4. The Labute approximate surface area is 145 Å². The van der Waals surface area contributed by atoms with E-state index in [1.807, 2.05) is 4.72 Å². The molecular weight excluding hydrogens is 379 g/mol. The van der Waals surface area contributed by atoms with Gasteiger partial charge in [0, 0.05) is 0 Å². The number of amides is 1. The third-order valence-corrected chi connectivity index (χ3v) is 4.96. The maximum Gasteiger partial charge on any atom is 0.281 e. The minimum atomic E-state index is -4.11. The largest absolute Gasteiger partial charge is 0.340 e. The van der Waals surface area contributed by atoms with Crippen molar-refractivity contribution in [1.29, 1.82) is 0 Å². The van der Waals surface area contributed by atoms with Gasteiger partial charge in [0.1, 0.15) is 17.2 Å². The topological polar surface area (TPSA) is 123 Å². The van der Waals surface area contributed by atoms with Crippen molar-refractivity contribution in [3.63, 3.8) is 0 Å². The normalized spacial score (nSPS) is 11.4. The molecule has 12 heteroatoms. The Morgan fingerprint density at radius 1 is 1.25 bits per heavy atom. The molecular formula is C12H8Cl2N6O3S. The van der Waals surface area contributed by atoms with E-state index < -0.39 is 15.9 Å². The Kier molecular flexibility index (Phi) is 4.26. The van der Waals surface area contributed by atoms with Gasteiger partial charge in [0.25, 0.3) is 15.9 Å². The molecule has 2 N–H and O–H groups in total. The Bertz CT molecular complexity index is 980. The summed E-state index contributed by atoms with van der Waals surface area (Å²) in [5.41, 5.74) is 0.339. The summed E-state index contributed by atoms with van der Waals surface area (Å²) in [4.78, 5) is 14.4. The first-order chi connectivity index (χ1) is 11.4. The second-order valence-electron chi connectivity index (χ2n) is 4.53. The summed E-state index contributed by atoms with van der Waals surface area (Å²) < 4.78 is 27.9. The Morgan fingerprint density at radius 2 is 2.04 bits per heavy atom. The van der Waals surface area contributed by atoms with E-state index in [0.717, 1.165) is 0 Å². The highest BCUT2D eigenvalue weighted by atomic mass is 35.5. The molecule has 24 heavy (non-hydrogen) atoms. The third-order valence-electron chi connectivity index (χ3n) is 2.94. The zero-order valence-electron chi connectivity index (χ0n) is 11.6. The number of tetrazole rings is 1. The molecule has 1 amide bonds. The van der Waals surface area contributed by atoms with Crippen molar-refractivity contribution in [2.45, 2.75) is 4.90 Å². The van der Waals surface area contributed by atoms with Crippen molar-refractivity contribution in [2.75, 3.05) is 0 Å². The second kappa shape index (κ2) is 6.23. The van der Waals surface area contributed by atoms with Crippen LogP contribution < -0.4 is 4.72 Å². The summed E-state index contributed by atoms with van der Waals surface area (Å²) in [7, 11) is -4.11. The lowest BCUT2D eigenvalue weighted by Crippen LogP contribution is -2.30. The fourth-order valence-corrected chi connectivity index (χ4v) is 3.15. The summed E-state index contributed by atoms with van der Waals surface area (Å²) >= 11 is 11.4. The lowest BCUT2D eigenvalue weighted by molar-refractivity contribution is 0.0977. The SMILES string of the molecule is O=C(NS(=O)(=O)c1cccc(-n2cnnn2)c1)c1cc(Cl)c(Cl)[nH]1. The van der Waals surface area contributed by atoms with E-state index in [-0.39, 0.29) is 20.8 Å². The molecule has 0 radical (unpaired) electrons. The molecule has 0 aliphatic rings. The van der Waals surface area contributed by atoms with Gasteiger partial charge >= 0.3 is 0 Å². The fourth-order valence-electron chi connectivity index (χ4n) is 1.84. The molecule has 0 unspecified atom stereocenters. The molecule has 0 spiro atoms. The van der Waals surface area contributed by atoms with E-state index in [2.05, 4.69) is 20.5 Å². The van der Waals surface area contributed by atoms with Gasteiger partial charge < -0.3 is 4.98 Å². The number of hydrogen-bond acceptors (Lipinski definition) is 6. The highest BCUT2D eigenvalue weighted by Crippen LogP contribution is 2.22. The molecule has 9 nitrogen and oxygen atoms in total. The van der Waals surface area contributed by atoms with Crippen LogP contribution >= 0.6 is 23.2 Å². The smallest absolute Gasteiger partial charge is 0.281 e. The highest BCUT2D eigenvalue weighted by Gasteiger charge is 2.21. The summed E-state index contributed by atoms with van der Waals surface area (Å²) in [6, 6.07) is 6.99. The molecule has 0 aliphatic carbocycles. The maximum absolute atomic E-state index is 12.4. The van der Waals surface area contributed by atoms with Gasteiger partial charge in [-0.3, -0.25) is 4.79 Å². The Morgan fingerprint density at radius 3 is 2.67 bits per heavy atom. The predicted molar refractivity (Wildman–Crippen MR) is 84.6 cm³/mol. The van der Waals surface area contributed by atoms with Crippen LogP contribution in [0.3, 0.4) is 0 Å². The van der Waals surface area contributed by atoms with Gasteiger partial charge in [-0.15, -0.1) is 5.10 Å². The molecule has 0 saturated heterocycles. The predicted octanol–water partition coefficient (Wildman–Crippen LogP) is 1.42. The minimum absolute atomic E-state index is 0.0416. The highest BCUT2D eigenvalue weighted by molar-refractivity contribution is 7.90. The molecule has 1 aromatic carbocycles. The zero-order valence-corrected chi connectivity index (χ0v) is 14.0. The van der Waals surface area contributed by atoms with Gasteiger partial charge in [0.05, 0.1) is 15.6 Å². The summed E-state index contributed by atoms with van der Waals surface area (Å²) in [6.45, 7) is 0. The van der Waals surface area contributed by atoms with Gasteiger partial charge in [-0.25, -0.2) is 17.8 Å². The van der Waals surface area contributed by atoms with Crippen molar-refractivity contribution in [3.05, 3.63) is 52.5 Å². The molecule has 0 saturated carbocycles. The molecule has 2 heterocycles. The van der Waals surface area contributed by atoms with Crippen LogP contribution in [0, 0.1) is 0 Å². The lowest BCUT2D eigenvalue weighted by Gasteiger charge is -2.07. The lowest BCUT2D eigenvalue weighted by atomic mass is 10.3. The zero-order chi connectivity index (χ0) is 17.3. The first-order valence-corrected chi connectivity index (χ1v) is 8.55. The van der Waals surface area contributed by atoms with Crippen LogP contribution in [0.25, 0.3) is 5.69 Å². The molecule has 3 aromatic rings. The summed E-state index contributed by atoms with van der Waals surface area (Å²) in [5, 5.41) is 10.8. The molecule has 2 aromatic heterocycles. The first-order valence-electron chi connectivity index (χ1n) is 6.31. The number of carbonyl (C=O) groups is 1. The molecule has 124 valence electrons. The third kappa shape index (κ3) is 3.25. The van der Waals surface area contributed by atoms with Gasteiger partial charge in [-0.1, -0.05) is 29.3 Å². The number of H-pyrrole nitrogens is 1. The number of sulfonamides is 1. The molecule has 0 fully saturated rings. The number of nitrogens with one attached hydrogen (secondary N) is 2. The Balaban J connectivity index is 1.88. The van der Waals surface area contributed by atoms with Crippen LogP contribution in [-0.2, 0) is 10.0 Å². The van der Waals surface area contributed by atoms with Gasteiger partial charge in [0.2, 0.25) is 0 Å². The van der Waals surface area contributed by atoms with Gasteiger partial charge in [-0.2, -0.15) is 0 Å². The van der Waals surface area contributed by atoms with Crippen molar-refractivity contribution in [3.8, 4) is 5.69 Å². The second-order valence-corrected chi connectivity index (χ2v) is 7.00.